The maximum atomic E-state index is 11.7. The van der Waals surface area contributed by atoms with Crippen LogP contribution in [0.25, 0.3) is 11.2 Å². The van der Waals surface area contributed by atoms with Crippen LogP contribution in [0.15, 0.2) is 21.3 Å². The summed E-state index contributed by atoms with van der Waals surface area (Å²) in [5.74, 6) is 0.126. The summed E-state index contributed by atoms with van der Waals surface area (Å²) < 4.78 is 1.55. The first-order valence-electron chi connectivity index (χ1n) is 5.87. The van der Waals surface area contributed by atoms with E-state index in [-0.39, 0.29) is 17.7 Å². The number of nitrogen functional groups attached to an aromatic ring is 1. The Bertz CT molecular complexity index is 816. The number of aromatic amines is 2. The molecule has 3 heterocycles. The van der Waals surface area contributed by atoms with Gasteiger partial charge in [0, 0.05) is 6.04 Å². The SMILES string of the molecule is CC(C)n1c(Sc2nc(N)nc3nc[nH]c23)n[nH]c1=O. The monoisotopic (exact) mass is 292 g/mol. The van der Waals surface area contributed by atoms with Crippen LogP contribution in [0.4, 0.5) is 5.95 Å². The number of anilines is 1. The van der Waals surface area contributed by atoms with Crippen molar-refractivity contribution in [1.82, 2.24) is 34.7 Å². The van der Waals surface area contributed by atoms with E-state index in [1.165, 1.54) is 18.1 Å². The van der Waals surface area contributed by atoms with Crippen LogP contribution in [-0.2, 0) is 0 Å². The first-order valence-corrected chi connectivity index (χ1v) is 6.69. The van der Waals surface area contributed by atoms with Crippen molar-refractivity contribution in [3.63, 3.8) is 0 Å². The lowest BCUT2D eigenvalue weighted by Gasteiger charge is -2.08. The second-order valence-electron chi connectivity index (χ2n) is 4.37. The van der Waals surface area contributed by atoms with E-state index in [1.54, 1.807) is 4.57 Å². The highest BCUT2D eigenvalue weighted by Crippen LogP contribution is 2.29. The molecule has 4 N–H and O–H groups in total. The predicted molar refractivity (Wildman–Crippen MR) is 73.5 cm³/mol. The van der Waals surface area contributed by atoms with E-state index in [9.17, 15) is 4.79 Å². The number of rotatable bonds is 3. The molecule has 3 aromatic heterocycles. The van der Waals surface area contributed by atoms with Crippen molar-refractivity contribution in [2.75, 3.05) is 5.73 Å². The van der Waals surface area contributed by atoms with E-state index in [0.29, 0.717) is 21.3 Å². The van der Waals surface area contributed by atoms with Crippen molar-refractivity contribution < 1.29 is 0 Å². The quantitative estimate of drug-likeness (QED) is 0.601. The first-order chi connectivity index (χ1) is 9.56. The molecule has 104 valence electrons. The van der Waals surface area contributed by atoms with E-state index in [2.05, 4.69) is 30.1 Å². The Labute approximate surface area is 117 Å². The maximum Gasteiger partial charge on any atom is 0.344 e. The van der Waals surface area contributed by atoms with E-state index in [0.717, 1.165) is 0 Å². The Hall–Kier alpha value is -2.36. The third-order valence-electron chi connectivity index (χ3n) is 2.65. The highest BCUT2D eigenvalue weighted by atomic mass is 32.2. The zero-order chi connectivity index (χ0) is 14.3. The van der Waals surface area contributed by atoms with Crippen LogP contribution in [0.5, 0.6) is 0 Å². The van der Waals surface area contributed by atoms with Gasteiger partial charge in [-0.2, -0.15) is 4.98 Å². The van der Waals surface area contributed by atoms with E-state index >= 15 is 0 Å². The van der Waals surface area contributed by atoms with Crippen LogP contribution in [-0.4, -0.2) is 34.7 Å². The molecular formula is C10H12N8OS. The molecule has 0 aliphatic rings. The van der Waals surface area contributed by atoms with Crippen molar-refractivity contribution in [2.24, 2.45) is 0 Å². The van der Waals surface area contributed by atoms with Gasteiger partial charge in [0.1, 0.15) is 10.5 Å². The minimum absolute atomic E-state index is 0.0137. The van der Waals surface area contributed by atoms with Gasteiger partial charge in [0.05, 0.1) is 6.33 Å². The summed E-state index contributed by atoms with van der Waals surface area (Å²) in [7, 11) is 0. The summed E-state index contributed by atoms with van der Waals surface area (Å²) in [6.07, 6.45) is 1.52. The molecule has 0 spiro atoms. The van der Waals surface area contributed by atoms with Crippen LogP contribution in [0.3, 0.4) is 0 Å². The Morgan fingerprint density at radius 1 is 1.40 bits per heavy atom. The normalized spacial score (nSPS) is 11.6. The molecule has 0 aliphatic heterocycles. The van der Waals surface area contributed by atoms with Crippen molar-refractivity contribution in [1.29, 1.82) is 0 Å². The number of H-pyrrole nitrogens is 2. The summed E-state index contributed by atoms with van der Waals surface area (Å²) in [6, 6.07) is -0.0137. The summed E-state index contributed by atoms with van der Waals surface area (Å²) in [5.41, 5.74) is 6.54. The summed E-state index contributed by atoms with van der Waals surface area (Å²) in [5, 5.41) is 7.53. The number of nitrogens with one attached hydrogen (secondary N) is 2. The second kappa shape index (κ2) is 4.63. The van der Waals surface area contributed by atoms with E-state index in [1.807, 2.05) is 13.8 Å². The van der Waals surface area contributed by atoms with Crippen LogP contribution in [0.2, 0.25) is 0 Å². The van der Waals surface area contributed by atoms with Gasteiger partial charge in [-0.05, 0) is 25.6 Å². The van der Waals surface area contributed by atoms with Crippen LogP contribution >= 0.6 is 11.8 Å². The van der Waals surface area contributed by atoms with Gasteiger partial charge in [0.15, 0.2) is 10.8 Å². The maximum absolute atomic E-state index is 11.7. The molecule has 0 radical (unpaired) electrons. The lowest BCUT2D eigenvalue weighted by Crippen LogP contribution is -2.19. The molecule has 20 heavy (non-hydrogen) atoms. The topological polar surface area (TPSA) is 131 Å². The number of aromatic nitrogens is 7. The molecule has 0 amide bonds. The smallest absolute Gasteiger partial charge is 0.344 e. The Kier molecular flexibility index (Phi) is 2.93. The molecule has 0 unspecified atom stereocenters. The third kappa shape index (κ3) is 2.03. The fourth-order valence-corrected chi connectivity index (χ4v) is 2.85. The summed E-state index contributed by atoms with van der Waals surface area (Å²) in [6.45, 7) is 3.81. The predicted octanol–water partition coefficient (Wildman–Crippen LogP) is 0.552. The number of nitrogens with two attached hydrogens (primary N) is 1. The van der Waals surface area contributed by atoms with Gasteiger partial charge in [0.25, 0.3) is 0 Å². The Morgan fingerprint density at radius 3 is 2.95 bits per heavy atom. The molecule has 0 aliphatic carbocycles. The molecule has 0 aromatic carbocycles. The van der Waals surface area contributed by atoms with Crippen molar-refractivity contribution in [2.45, 2.75) is 30.1 Å². The molecule has 0 atom stereocenters. The number of hydrogen-bond donors (Lipinski definition) is 3. The van der Waals surface area contributed by atoms with Crippen LogP contribution < -0.4 is 11.4 Å². The van der Waals surface area contributed by atoms with Gasteiger partial charge >= 0.3 is 5.69 Å². The largest absolute Gasteiger partial charge is 0.368 e. The second-order valence-corrected chi connectivity index (χ2v) is 5.32. The van der Waals surface area contributed by atoms with Crippen molar-refractivity contribution in [3.05, 3.63) is 16.8 Å². The zero-order valence-electron chi connectivity index (χ0n) is 10.8. The summed E-state index contributed by atoms with van der Waals surface area (Å²) in [4.78, 5) is 26.9. The average molecular weight is 292 g/mol. The van der Waals surface area contributed by atoms with E-state index in [4.69, 9.17) is 5.73 Å². The molecule has 0 bridgehead atoms. The number of imidazole rings is 1. The minimum atomic E-state index is -0.259. The van der Waals surface area contributed by atoms with Gasteiger partial charge in [0.2, 0.25) is 5.95 Å². The number of hydrogen-bond acceptors (Lipinski definition) is 7. The van der Waals surface area contributed by atoms with E-state index < -0.39 is 0 Å². The fourth-order valence-electron chi connectivity index (χ4n) is 1.80. The lowest BCUT2D eigenvalue weighted by molar-refractivity contribution is 0.534. The van der Waals surface area contributed by atoms with Crippen molar-refractivity contribution in [3.8, 4) is 0 Å². The first kappa shape index (κ1) is 12.7. The number of nitrogens with zero attached hydrogens (tertiary/aromatic N) is 5. The standard InChI is InChI=1S/C10H12N8OS/c1-4(2)18-9(19)16-17-10(18)20-7-5-6(13-3-12-5)14-8(11)15-7/h3-4H,1-2H3,(H,16,19)(H3,11,12,13,14,15). The highest BCUT2D eigenvalue weighted by molar-refractivity contribution is 7.99. The zero-order valence-corrected chi connectivity index (χ0v) is 11.6. The minimum Gasteiger partial charge on any atom is -0.368 e. The molecule has 0 fully saturated rings. The van der Waals surface area contributed by atoms with Crippen LogP contribution in [0.1, 0.15) is 19.9 Å². The Balaban J connectivity index is 2.10. The van der Waals surface area contributed by atoms with Crippen LogP contribution in [0, 0.1) is 0 Å². The van der Waals surface area contributed by atoms with Gasteiger partial charge in [-0.25, -0.2) is 19.9 Å². The molecule has 0 saturated heterocycles. The lowest BCUT2D eigenvalue weighted by atomic mass is 10.4. The van der Waals surface area contributed by atoms with Gasteiger partial charge < -0.3 is 10.7 Å². The third-order valence-corrected chi connectivity index (χ3v) is 3.61. The molecular weight excluding hydrogens is 280 g/mol. The van der Waals surface area contributed by atoms with Gasteiger partial charge in [-0.1, -0.05) is 0 Å². The molecule has 0 saturated carbocycles. The highest BCUT2D eigenvalue weighted by Gasteiger charge is 2.16. The van der Waals surface area contributed by atoms with Crippen molar-refractivity contribution >= 4 is 28.9 Å². The molecule has 3 rings (SSSR count). The Morgan fingerprint density at radius 2 is 2.20 bits per heavy atom. The summed E-state index contributed by atoms with van der Waals surface area (Å²) >= 11 is 1.23. The molecule has 9 nitrogen and oxygen atoms in total. The number of fused-ring (bicyclic) bond motifs is 1. The fraction of sp³-hybridized carbons (Fsp3) is 0.300. The average Bonchev–Trinajstić information content (AvgIpc) is 2.95. The van der Waals surface area contributed by atoms with Gasteiger partial charge in [-0.15, -0.1) is 5.10 Å². The molecule has 3 aromatic rings. The van der Waals surface area contributed by atoms with Gasteiger partial charge in [-0.3, -0.25) is 4.57 Å². The molecule has 10 heteroatoms.